The summed E-state index contributed by atoms with van der Waals surface area (Å²) in [6, 6.07) is 9.78. The van der Waals surface area contributed by atoms with Crippen LogP contribution in [0.4, 0.5) is 9.18 Å². The Bertz CT molecular complexity index is 788. The number of benzene rings is 1. The molecule has 0 aliphatic rings. The molecule has 6 nitrogen and oxygen atoms in total. The molecule has 144 valence electrons. The van der Waals surface area contributed by atoms with Crippen molar-refractivity contribution in [3.63, 3.8) is 0 Å². The third kappa shape index (κ3) is 6.29. The molecule has 2 aromatic rings. The lowest BCUT2D eigenvalue weighted by molar-refractivity contribution is -0.141. The maximum Gasteiger partial charge on any atom is 0.325 e. The number of carbonyl (C=O) groups is 2. The van der Waals surface area contributed by atoms with Crippen LogP contribution in [0.5, 0.6) is 0 Å². The van der Waals surface area contributed by atoms with Gasteiger partial charge in [-0.1, -0.05) is 18.2 Å². The molecule has 2 amide bonds. The molecule has 2 rings (SSSR count). The number of amides is 2. The lowest BCUT2D eigenvalue weighted by Crippen LogP contribution is -2.42. The summed E-state index contributed by atoms with van der Waals surface area (Å²) < 4.78 is 20.2. The van der Waals surface area contributed by atoms with Gasteiger partial charge in [0.05, 0.1) is 13.2 Å². The molecule has 7 heteroatoms. The fourth-order valence-corrected chi connectivity index (χ4v) is 2.62. The van der Waals surface area contributed by atoms with Gasteiger partial charge in [-0.05, 0) is 36.8 Å². The Morgan fingerprint density at radius 2 is 2.15 bits per heavy atom. The number of carbonyl (C=O) groups excluding carboxylic acids is 2. The minimum absolute atomic E-state index is 0.190. The Morgan fingerprint density at radius 3 is 2.85 bits per heavy atom. The topological polar surface area (TPSA) is 63.6 Å². The smallest absolute Gasteiger partial charge is 0.325 e. The highest BCUT2D eigenvalue weighted by Gasteiger charge is 2.16. The van der Waals surface area contributed by atoms with Gasteiger partial charge in [0.2, 0.25) is 0 Å². The second-order valence-electron chi connectivity index (χ2n) is 5.89. The lowest BCUT2D eigenvalue weighted by atomic mass is 10.2. The van der Waals surface area contributed by atoms with Crippen LogP contribution in [0, 0.1) is 5.82 Å². The molecule has 1 aromatic heterocycles. The Balaban J connectivity index is 2.03. The van der Waals surface area contributed by atoms with Gasteiger partial charge in [-0.25, -0.2) is 9.18 Å². The fraction of sp³-hybridized carbons (Fsp3) is 0.300. The maximum atomic E-state index is 13.4. The largest absolute Gasteiger partial charge is 0.465 e. The first-order valence-corrected chi connectivity index (χ1v) is 8.71. The first-order chi connectivity index (χ1) is 13.0. The molecule has 0 radical (unpaired) electrons. The first-order valence-electron chi connectivity index (χ1n) is 8.71. The van der Waals surface area contributed by atoms with Crippen LogP contribution in [0.3, 0.4) is 0 Å². The fourth-order valence-electron chi connectivity index (χ4n) is 2.62. The molecular formula is C20H24FN3O3. The maximum absolute atomic E-state index is 13.4. The summed E-state index contributed by atoms with van der Waals surface area (Å²) in [5.74, 6) is -0.772. The SMILES string of the molecule is C=CCN(Cc1cccn1Cc1cccc(F)c1)C(=O)NCC(=O)OCC. The summed E-state index contributed by atoms with van der Waals surface area (Å²) in [4.78, 5) is 25.3. The molecule has 1 heterocycles. The van der Waals surface area contributed by atoms with Crippen LogP contribution in [-0.4, -0.2) is 41.2 Å². The molecule has 0 spiro atoms. The molecule has 27 heavy (non-hydrogen) atoms. The van der Waals surface area contributed by atoms with Crippen LogP contribution in [0.2, 0.25) is 0 Å². The Kier molecular flexibility index (Phi) is 7.61. The summed E-state index contributed by atoms with van der Waals surface area (Å²) in [5, 5.41) is 2.55. The average Bonchev–Trinajstić information content (AvgIpc) is 3.06. The standard InChI is InChI=1S/C20H24FN3O3/c1-3-10-24(20(26)22-13-19(25)27-4-2)15-18-9-6-11-23(18)14-16-7-5-8-17(21)12-16/h3,5-9,11-12H,1,4,10,13-15H2,2H3,(H,22,26). The van der Waals surface area contributed by atoms with Gasteiger partial charge >= 0.3 is 12.0 Å². The van der Waals surface area contributed by atoms with Crippen molar-refractivity contribution in [3.05, 3.63) is 72.3 Å². The number of nitrogens with one attached hydrogen (secondary N) is 1. The van der Waals surface area contributed by atoms with E-state index in [9.17, 15) is 14.0 Å². The van der Waals surface area contributed by atoms with E-state index in [1.54, 1.807) is 19.1 Å². The number of nitrogens with zero attached hydrogens (tertiary/aromatic N) is 2. The molecule has 1 aromatic carbocycles. The third-order valence-corrected chi connectivity index (χ3v) is 3.84. The highest BCUT2D eigenvalue weighted by Crippen LogP contribution is 2.12. The van der Waals surface area contributed by atoms with Crippen molar-refractivity contribution >= 4 is 12.0 Å². The van der Waals surface area contributed by atoms with Crippen molar-refractivity contribution in [3.8, 4) is 0 Å². The van der Waals surface area contributed by atoms with Crippen molar-refractivity contribution in [2.24, 2.45) is 0 Å². The van der Waals surface area contributed by atoms with E-state index in [0.717, 1.165) is 11.3 Å². The zero-order chi connectivity index (χ0) is 19.6. The molecule has 0 fully saturated rings. The Labute approximate surface area is 158 Å². The second-order valence-corrected chi connectivity index (χ2v) is 5.89. The minimum Gasteiger partial charge on any atom is -0.465 e. The first kappa shape index (κ1) is 20.2. The van der Waals surface area contributed by atoms with E-state index < -0.39 is 5.97 Å². The van der Waals surface area contributed by atoms with Gasteiger partial charge in [0, 0.05) is 25.0 Å². The monoisotopic (exact) mass is 373 g/mol. The number of aromatic nitrogens is 1. The summed E-state index contributed by atoms with van der Waals surface area (Å²) in [6.45, 7) is 6.59. The Morgan fingerprint density at radius 1 is 1.33 bits per heavy atom. The van der Waals surface area contributed by atoms with Gasteiger partial charge < -0.3 is 19.5 Å². The number of hydrogen-bond donors (Lipinski definition) is 1. The predicted octanol–water partition coefficient (Wildman–Crippen LogP) is 2.94. The van der Waals surface area contributed by atoms with Crippen LogP contribution in [0.1, 0.15) is 18.2 Å². The van der Waals surface area contributed by atoms with Crippen LogP contribution in [-0.2, 0) is 22.6 Å². The van der Waals surface area contributed by atoms with Crippen molar-refractivity contribution in [1.29, 1.82) is 0 Å². The van der Waals surface area contributed by atoms with Gasteiger partial charge in [0.15, 0.2) is 0 Å². The van der Waals surface area contributed by atoms with Gasteiger partial charge in [0.25, 0.3) is 0 Å². The summed E-state index contributed by atoms with van der Waals surface area (Å²) in [5.41, 5.74) is 1.71. The Hall–Kier alpha value is -3.09. The van der Waals surface area contributed by atoms with Crippen LogP contribution < -0.4 is 5.32 Å². The van der Waals surface area contributed by atoms with Crippen LogP contribution in [0.25, 0.3) is 0 Å². The highest BCUT2D eigenvalue weighted by molar-refractivity contribution is 5.80. The van der Waals surface area contributed by atoms with Crippen molar-refractivity contribution < 1.29 is 18.7 Å². The number of rotatable bonds is 9. The van der Waals surface area contributed by atoms with Gasteiger partial charge in [-0.3, -0.25) is 4.79 Å². The highest BCUT2D eigenvalue weighted by atomic mass is 19.1. The number of urea groups is 1. The summed E-state index contributed by atoms with van der Waals surface area (Å²) in [6.07, 6.45) is 3.49. The summed E-state index contributed by atoms with van der Waals surface area (Å²) >= 11 is 0. The number of hydrogen-bond acceptors (Lipinski definition) is 3. The quantitative estimate of drug-likeness (QED) is 0.543. The van der Waals surface area contributed by atoms with Gasteiger partial charge in [-0.2, -0.15) is 0 Å². The lowest BCUT2D eigenvalue weighted by Gasteiger charge is -2.22. The van der Waals surface area contributed by atoms with Gasteiger partial charge in [-0.15, -0.1) is 6.58 Å². The minimum atomic E-state index is -0.487. The number of halogens is 1. The van der Waals surface area contributed by atoms with E-state index in [1.807, 2.05) is 29.0 Å². The van der Waals surface area contributed by atoms with Gasteiger partial charge in [0.1, 0.15) is 12.4 Å². The van der Waals surface area contributed by atoms with Crippen molar-refractivity contribution in [2.75, 3.05) is 19.7 Å². The van der Waals surface area contributed by atoms with E-state index in [2.05, 4.69) is 11.9 Å². The molecule has 0 aliphatic heterocycles. The third-order valence-electron chi connectivity index (χ3n) is 3.84. The number of esters is 1. The molecule has 0 saturated carbocycles. The molecule has 0 unspecified atom stereocenters. The zero-order valence-electron chi connectivity index (χ0n) is 15.4. The van der Waals surface area contributed by atoms with E-state index >= 15 is 0 Å². The molecule has 1 N–H and O–H groups in total. The van der Waals surface area contributed by atoms with Crippen LogP contribution >= 0.6 is 0 Å². The van der Waals surface area contributed by atoms with E-state index in [1.165, 1.54) is 17.0 Å². The molecule has 0 atom stereocenters. The normalized spacial score (nSPS) is 10.3. The molecule has 0 aliphatic carbocycles. The summed E-state index contributed by atoms with van der Waals surface area (Å²) in [7, 11) is 0. The van der Waals surface area contributed by atoms with E-state index in [4.69, 9.17) is 4.74 Å². The zero-order valence-corrected chi connectivity index (χ0v) is 15.4. The predicted molar refractivity (Wildman–Crippen MR) is 101 cm³/mol. The number of ether oxygens (including phenoxy) is 1. The second kappa shape index (κ2) is 10.2. The van der Waals surface area contributed by atoms with Crippen molar-refractivity contribution in [2.45, 2.75) is 20.0 Å². The molecule has 0 saturated heterocycles. The molecular weight excluding hydrogens is 349 g/mol. The molecule has 0 bridgehead atoms. The van der Waals surface area contributed by atoms with E-state index in [0.29, 0.717) is 19.6 Å². The van der Waals surface area contributed by atoms with Crippen LogP contribution in [0.15, 0.2) is 55.3 Å². The van der Waals surface area contributed by atoms with Crippen molar-refractivity contribution in [1.82, 2.24) is 14.8 Å². The van der Waals surface area contributed by atoms with E-state index in [-0.39, 0.29) is 25.0 Å². The average molecular weight is 373 g/mol.